The molecule has 16 heavy (non-hydrogen) atoms. The molecule has 0 aromatic heterocycles. The lowest BCUT2D eigenvalue weighted by molar-refractivity contribution is -0.124. The summed E-state index contributed by atoms with van der Waals surface area (Å²) in [5.74, 6) is 0.269. The van der Waals surface area contributed by atoms with E-state index in [0.29, 0.717) is 0 Å². The van der Waals surface area contributed by atoms with E-state index >= 15 is 0 Å². The van der Waals surface area contributed by atoms with Crippen LogP contribution in [0.2, 0.25) is 0 Å². The van der Waals surface area contributed by atoms with Gasteiger partial charge in [0, 0.05) is 0 Å². The average molecular weight is 292 g/mol. The molecule has 1 unspecified atom stereocenters. The molecule has 1 fully saturated rings. The Morgan fingerprint density at radius 2 is 1.94 bits per heavy atom. The van der Waals surface area contributed by atoms with E-state index in [4.69, 9.17) is 0 Å². The van der Waals surface area contributed by atoms with Gasteiger partial charge in [-0.05, 0) is 18.8 Å². The first-order valence-electron chi connectivity index (χ1n) is 6.08. The molecule has 0 aromatic carbocycles. The lowest BCUT2D eigenvalue weighted by atomic mass is 9.82. The first kappa shape index (κ1) is 14.0. The van der Waals surface area contributed by atoms with E-state index in [-0.39, 0.29) is 28.8 Å². The molecule has 2 N–H and O–H groups in total. The molecule has 0 aromatic rings. The topological polar surface area (TPSA) is 49.3 Å². The Balaban J connectivity index is 2.58. The van der Waals surface area contributed by atoms with E-state index < -0.39 is 0 Å². The molecule has 0 saturated heterocycles. The van der Waals surface area contributed by atoms with Crippen molar-refractivity contribution >= 4 is 21.8 Å². The molecule has 1 aliphatic carbocycles. The Morgan fingerprint density at radius 3 is 2.38 bits per heavy atom. The second-order valence-electron chi connectivity index (χ2n) is 5.13. The molecule has 1 rings (SSSR count). The average Bonchev–Trinajstić information content (AvgIpc) is 2.29. The molecule has 1 atom stereocenters. The van der Waals surface area contributed by atoms with E-state index in [2.05, 4.69) is 21.2 Å². The van der Waals surface area contributed by atoms with Crippen LogP contribution in [0.25, 0.3) is 0 Å². The zero-order valence-corrected chi connectivity index (χ0v) is 11.7. The van der Waals surface area contributed by atoms with Crippen LogP contribution in [0.5, 0.6) is 0 Å². The molecule has 94 valence electrons. The summed E-state index contributed by atoms with van der Waals surface area (Å²) in [5, 5.41) is 12.5. The Labute approximate surface area is 106 Å². The highest BCUT2D eigenvalue weighted by atomic mass is 79.9. The van der Waals surface area contributed by atoms with Crippen LogP contribution < -0.4 is 5.32 Å². The maximum absolute atomic E-state index is 11.9. The smallest absolute Gasteiger partial charge is 0.234 e. The molecule has 0 heterocycles. The molecular weight excluding hydrogens is 270 g/mol. The van der Waals surface area contributed by atoms with Crippen LogP contribution in [-0.4, -0.2) is 28.0 Å². The molecular formula is C12H22BrNO2. The fourth-order valence-electron chi connectivity index (χ4n) is 2.18. The van der Waals surface area contributed by atoms with Crippen molar-refractivity contribution in [3.63, 3.8) is 0 Å². The van der Waals surface area contributed by atoms with Crippen molar-refractivity contribution in [1.29, 1.82) is 0 Å². The van der Waals surface area contributed by atoms with Crippen LogP contribution in [0, 0.1) is 5.92 Å². The van der Waals surface area contributed by atoms with E-state index in [9.17, 15) is 9.90 Å². The van der Waals surface area contributed by atoms with Crippen LogP contribution in [0.3, 0.4) is 0 Å². The minimum atomic E-state index is -0.365. The summed E-state index contributed by atoms with van der Waals surface area (Å²) in [6.07, 6.45) is 5.19. The fraction of sp³-hybridized carbons (Fsp3) is 0.917. The second kappa shape index (κ2) is 6.01. The minimum Gasteiger partial charge on any atom is -0.394 e. The zero-order valence-electron chi connectivity index (χ0n) is 10.1. The molecule has 1 saturated carbocycles. The normalized spacial score (nSPS) is 21.8. The number of rotatable bonds is 4. The summed E-state index contributed by atoms with van der Waals surface area (Å²) >= 11 is 3.39. The summed E-state index contributed by atoms with van der Waals surface area (Å²) in [5.41, 5.74) is -0.365. The first-order chi connectivity index (χ1) is 7.51. The summed E-state index contributed by atoms with van der Waals surface area (Å²) in [6, 6.07) is 0. The predicted octanol–water partition coefficient (Wildman–Crippen LogP) is 2.22. The number of aliphatic hydroxyl groups excluding tert-OH is 1. The van der Waals surface area contributed by atoms with Crippen LogP contribution in [0.1, 0.15) is 46.0 Å². The number of carbonyl (C=O) groups excluding carboxylic acids is 1. The Bertz CT molecular complexity index is 237. The third-order valence-electron chi connectivity index (χ3n) is 3.34. The van der Waals surface area contributed by atoms with Crippen molar-refractivity contribution in [1.82, 2.24) is 5.32 Å². The number of alkyl halides is 1. The highest BCUT2D eigenvalue weighted by Crippen LogP contribution is 2.28. The number of nitrogens with one attached hydrogen (secondary N) is 1. The second-order valence-corrected chi connectivity index (χ2v) is 6.12. The van der Waals surface area contributed by atoms with Gasteiger partial charge in [-0.3, -0.25) is 4.79 Å². The van der Waals surface area contributed by atoms with Gasteiger partial charge in [0.05, 0.1) is 17.0 Å². The van der Waals surface area contributed by atoms with Crippen molar-refractivity contribution in [2.45, 2.75) is 56.3 Å². The molecule has 3 nitrogen and oxygen atoms in total. The van der Waals surface area contributed by atoms with Gasteiger partial charge in [0.15, 0.2) is 0 Å². The summed E-state index contributed by atoms with van der Waals surface area (Å²) in [4.78, 5) is 11.8. The Kier molecular flexibility index (Phi) is 5.25. The number of hydrogen-bond donors (Lipinski definition) is 2. The largest absolute Gasteiger partial charge is 0.394 e. The van der Waals surface area contributed by atoms with Gasteiger partial charge in [0.25, 0.3) is 0 Å². The van der Waals surface area contributed by atoms with Crippen LogP contribution >= 0.6 is 15.9 Å². The monoisotopic (exact) mass is 291 g/mol. The highest BCUT2D eigenvalue weighted by molar-refractivity contribution is 9.10. The van der Waals surface area contributed by atoms with Crippen molar-refractivity contribution in [2.24, 2.45) is 5.92 Å². The molecule has 1 aliphatic rings. The number of hydrogen-bond acceptors (Lipinski definition) is 2. The van der Waals surface area contributed by atoms with Crippen molar-refractivity contribution < 1.29 is 9.90 Å². The number of amides is 1. The first-order valence-corrected chi connectivity index (χ1v) is 6.99. The third kappa shape index (κ3) is 3.45. The SMILES string of the molecule is CC(C)C(Br)C(=O)NC1(CO)CCCCC1. The summed E-state index contributed by atoms with van der Waals surface area (Å²) < 4.78 is 0. The number of carbonyl (C=O) groups is 1. The van der Waals surface area contributed by atoms with Gasteiger partial charge in [-0.15, -0.1) is 0 Å². The van der Waals surface area contributed by atoms with Gasteiger partial charge < -0.3 is 10.4 Å². The number of halogens is 1. The van der Waals surface area contributed by atoms with Crippen molar-refractivity contribution in [2.75, 3.05) is 6.61 Å². The number of aliphatic hydroxyl groups is 1. The Morgan fingerprint density at radius 1 is 1.38 bits per heavy atom. The standard InChI is InChI=1S/C12H22BrNO2/c1-9(2)10(13)11(16)14-12(8-15)6-4-3-5-7-12/h9-10,15H,3-8H2,1-2H3,(H,14,16). The van der Waals surface area contributed by atoms with Crippen LogP contribution in [0.15, 0.2) is 0 Å². The van der Waals surface area contributed by atoms with Gasteiger partial charge >= 0.3 is 0 Å². The summed E-state index contributed by atoms with van der Waals surface area (Å²) in [7, 11) is 0. The fourth-order valence-corrected chi connectivity index (χ4v) is 2.30. The minimum absolute atomic E-state index is 0.00551. The predicted molar refractivity (Wildman–Crippen MR) is 68.6 cm³/mol. The third-order valence-corrected chi connectivity index (χ3v) is 4.81. The molecule has 0 bridgehead atoms. The lowest BCUT2D eigenvalue weighted by Gasteiger charge is -2.37. The van der Waals surface area contributed by atoms with Gasteiger partial charge in [-0.25, -0.2) is 0 Å². The van der Waals surface area contributed by atoms with Crippen molar-refractivity contribution in [3.05, 3.63) is 0 Å². The quantitative estimate of drug-likeness (QED) is 0.781. The van der Waals surface area contributed by atoms with E-state index in [0.717, 1.165) is 25.7 Å². The molecule has 0 aliphatic heterocycles. The zero-order chi connectivity index (χ0) is 12.2. The van der Waals surface area contributed by atoms with Gasteiger partial charge in [0.1, 0.15) is 0 Å². The maximum Gasteiger partial charge on any atom is 0.234 e. The maximum atomic E-state index is 11.9. The summed E-state index contributed by atoms with van der Waals surface area (Å²) in [6.45, 7) is 4.06. The Hall–Kier alpha value is -0.0900. The molecule has 4 heteroatoms. The molecule has 0 radical (unpaired) electrons. The van der Waals surface area contributed by atoms with E-state index in [1.54, 1.807) is 0 Å². The van der Waals surface area contributed by atoms with Crippen LogP contribution in [0.4, 0.5) is 0 Å². The molecule has 1 amide bonds. The van der Waals surface area contributed by atoms with Gasteiger partial charge in [-0.2, -0.15) is 0 Å². The van der Waals surface area contributed by atoms with Crippen molar-refractivity contribution in [3.8, 4) is 0 Å². The highest BCUT2D eigenvalue weighted by Gasteiger charge is 2.34. The van der Waals surface area contributed by atoms with Crippen LogP contribution in [-0.2, 0) is 4.79 Å². The lowest BCUT2D eigenvalue weighted by Crippen LogP contribution is -2.54. The van der Waals surface area contributed by atoms with Gasteiger partial charge in [-0.1, -0.05) is 49.0 Å². The van der Waals surface area contributed by atoms with E-state index in [1.165, 1.54) is 6.42 Å². The molecule has 0 spiro atoms. The van der Waals surface area contributed by atoms with Gasteiger partial charge in [0.2, 0.25) is 5.91 Å². The van der Waals surface area contributed by atoms with E-state index in [1.807, 2.05) is 13.8 Å².